The van der Waals surface area contributed by atoms with Crippen LogP contribution in [0.1, 0.15) is 0 Å². The van der Waals surface area contributed by atoms with Crippen LogP contribution in [0.25, 0.3) is 11.1 Å². The topological polar surface area (TPSA) is 12.9 Å². The van der Waals surface area contributed by atoms with Crippen molar-refractivity contribution in [2.45, 2.75) is 0 Å². The molecule has 1 radical (unpaired) electrons. The lowest BCUT2D eigenvalue weighted by Gasteiger charge is -2.02. The van der Waals surface area contributed by atoms with E-state index in [0.29, 0.717) is 5.56 Å². The second-order valence-corrected chi connectivity index (χ2v) is 3.43. The minimum absolute atomic E-state index is 0.153. The fraction of sp³-hybridized carbons (Fsp3) is 0. The summed E-state index contributed by atoms with van der Waals surface area (Å²) < 4.78 is 38.6. The number of benzene rings is 1. The van der Waals surface area contributed by atoms with E-state index in [1.54, 1.807) is 0 Å². The van der Waals surface area contributed by atoms with Gasteiger partial charge in [-0.2, -0.15) is 0 Å². The van der Waals surface area contributed by atoms with Gasteiger partial charge in [-0.1, -0.05) is 11.6 Å². The maximum Gasteiger partial charge on any atom is 0.194 e. The van der Waals surface area contributed by atoms with Gasteiger partial charge in [0.1, 0.15) is 5.15 Å². The SMILES string of the molecule is Fc1cc(-c2[c]nc(Cl)cc2)cc(F)c1F. The Morgan fingerprint density at radius 1 is 1.06 bits per heavy atom. The molecule has 0 aliphatic carbocycles. The van der Waals surface area contributed by atoms with Gasteiger partial charge in [0.15, 0.2) is 17.5 Å². The Kier molecular flexibility index (Phi) is 2.83. The smallest absolute Gasteiger partial charge is 0.194 e. The molecule has 0 bridgehead atoms. The van der Waals surface area contributed by atoms with E-state index >= 15 is 0 Å². The normalized spacial score (nSPS) is 10.5. The zero-order valence-corrected chi connectivity index (χ0v) is 8.52. The maximum absolute atomic E-state index is 12.9. The van der Waals surface area contributed by atoms with Crippen molar-refractivity contribution < 1.29 is 13.2 Å². The van der Waals surface area contributed by atoms with Crippen molar-refractivity contribution in [3.8, 4) is 11.1 Å². The van der Waals surface area contributed by atoms with Crippen LogP contribution in [-0.2, 0) is 0 Å². The first-order chi connectivity index (χ1) is 7.58. The highest BCUT2D eigenvalue weighted by Crippen LogP contribution is 2.23. The molecule has 0 saturated heterocycles. The van der Waals surface area contributed by atoms with Crippen LogP contribution in [0.5, 0.6) is 0 Å². The Morgan fingerprint density at radius 3 is 2.19 bits per heavy atom. The van der Waals surface area contributed by atoms with Crippen molar-refractivity contribution in [2.24, 2.45) is 0 Å². The van der Waals surface area contributed by atoms with Gasteiger partial charge in [0.2, 0.25) is 0 Å². The highest BCUT2D eigenvalue weighted by Gasteiger charge is 2.11. The molecule has 0 fully saturated rings. The Hall–Kier alpha value is -1.55. The van der Waals surface area contributed by atoms with Gasteiger partial charge in [-0.25, -0.2) is 18.2 Å². The van der Waals surface area contributed by atoms with Crippen LogP contribution in [0.15, 0.2) is 24.3 Å². The number of rotatable bonds is 1. The zero-order valence-electron chi connectivity index (χ0n) is 7.77. The Labute approximate surface area is 94.5 Å². The number of nitrogens with zero attached hydrogens (tertiary/aromatic N) is 1. The van der Waals surface area contributed by atoms with E-state index in [1.807, 2.05) is 0 Å². The molecule has 0 amide bonds. The van der Waals surface area contributed by atoms with Gasteiger partial charge in [-0.05, 0) is 29.8 Å². The average Bonchev–Trinajstić information content (AvgIpc) is 2.26. The molecule has 1 heterocycles. The highest BCUT2D eigenvalue weighted by molar-refractivity contribution is 6.29. The largest absolute Gasteiger partial charge is 0.234 e. The van der Waals surface area contributed by atoms with Gasteiger partial charge in [-0.15, -0.1) is 0 Å². The summed E-state index contributed by atoms with van der Waals surface area (Å²) in [6.07, 6.45) is 2.49. The van der Waals surface area contributed by atoms with Crippen LogP contribution < -0.4 is 0 Å². The predicted molar refractivity (Wildman–Crippen MR) is 53.4 cm³/mol. The molecule has 16 heavy (non-hydrogen) atoms. The Bertz CT molecular complexity index is 502. The summed E-state index contributed by atoms with van der Waals surface area (Å²) in [6.45, 7) is 0. The van der Waals surface area contributed by atoms with Crippen LogP contribution in [0, 0.1) is 23.6 Å². The van der Waals surface area contributed by atoms with Gasteiger partial charge in [-0.3, -0.25) is 0 Å². The minimum atomic E-state index is -1.49. The van der Waals surface area contributed by atoms with Gasteiger partial charge < -0.3 is 0 Å². The molecule has 2 rings (SSSR count). The van der Waals surface area contributed by atoms with E-state index < -0.39 is 17.5 Å². The monoisotopic (exact) mass is 242 g/mol. The predicted octanol–water partition coefficient (Wildman–Crippen LogP) is 3.62. The lowest BCUT2D eigenvalue weighted by atomic mass is 10.1. The van der Waals surface area contributed by atoms with Crippen molar-refractivity contribution >= 4 is 11.6 Å². The number of halogens is 4. The molecule has 0 spiro atoms. The van der Waals surface area contributed by atoms with E-state index in [0.717, 1.165) is 12.1 Å². The molecule has 5 heteroatoms. The number of hydrogen-bond acceptors (Lipinski definition) is 1. The van der Waals surface area contributed by atoms with Crippen LogP contribution >= 0.6 is 11.6 Å². The summed E-state index contributed by atoms with van der Waals surface area (Å²) in [5, 5.41) is 0.215. The van der Waals surface area contributed by atoms with E-state index in [4.69, 9.17) is 11.6 Å². The van der Waals surface area contributed by atoms with Gasteiger partial charge >= 0.3 is 0 Å². The van der Waals surface area contributed by atoms with Gasteiger partial charge in [0.05, 0.1) is 6.20 Å². The van der Waals surface area contributed by atoms with Crippen LogP contribution in [-0.4, -0.2) is 4.98 Å². The maximum atomic E-state index is 12.9. The molecule has 1 aromatic carbocycles. The third-order valence-corrected chi connectivity index (χ3v) is 2.18. The molecule has 2 aromatic rings. The number of hydrogen-bond donors (Lipinski definition) is 0. The third kappa shape index (κ3) is 2.02. The van der Waals surface area contributed by atoms with E-state index in [1.165, 1.54) is 12.1 Å². The molecule has 0 aliphatic rings. The minimum Gasteiger partial charge on any atom is -0.234 e. The fourth-order valence-electron chi connectivity index (χ4n) is 1.21. The fourth-order valence-corrected chi connectivity index (χ4v) is 1.32. The lowest BCUT2D eigenvalue weighted by Crippen LogP contribution is -1.92. The molecule has 81 valence electrons. The second-order valence-electron chi connectivity index (χ2n) is 3.05. The Morgan fingerprint density at radius 2 is 1.69 bits per heavy atom. The molecule has 0 N–H and O–H groups in total. The quantitative estimate of drug-likeness (QED) is 0.550. The third-order valence-electron chi connectivity index (χ3n) is 1.97. The van der Waals surface area contributed by atoms with E-state index in [-0.39, 0.29) is 10.7 Å². The van der Waals surface area contributed by atoms with E-state index in [9.17, 15) is 13.2 Å². The number of aromatic nitrogens is 1. The summed E-state index contributed by atoms with van der Waals surface area (Å²) in [5.41, 5.74) is 0.489. The standard InChI is InChI=1S/C11H4ClF3N/c12-10-2-1-6(5-16-10)7-3-8(13)11(15)9(14)4-7/h1-4H. The number of pyridine rings is 1. The molecular weight excluding hydrogens is 239 g/mol. The molecule has 0 atom stereocenters. The van der Waals surface area contributed by atoms with Crippen molar-refractivity contribution in [1.29, 1.82) is 0 Å². The average molecular weight is 243 g/mol. The summed E-state index contributed by atoms with van der Waals surface area (Å²) in [5.74, 6) is -4.00. The van der Waals surface area contributed by atoms with Crippen molar-refractivity contribution in [2.75, 3.05) is 0 Å². The first-order valence-electron chi connectivity index (χ1n) is 4.27. The summed E-state index contributed by atoms with van der Waals surface area (Å²) in [4.78, 5) is 3.64. The van der Waals surface area contributed by atoms with E-state index in [2.05, 4.69) is 11.2 Å². The molecule has 0 unspecified atom stereocenters. The first-order valence-corrected chi connectivity index (χ1v) is 4.65. The van der Waals surface area contributed by atoms with Crippen LogP contribution in [0.2, 0.25) is 5.15 Å². The lowest BCUT2D eigenvalue weighted by molar-refractivity contribution is 0.447. The van der Waals surface area contributed by atoms with Crippen molar-refractivity contribution in [3.05, 3.63) is 53.1 Å². The molecular formula is C11H4ClF3N. The van der Waals surface area contributed by atoms with Crippen molar-refractivity contribution in [3.63, 3.8) is 0 Å². The summed E-state index contributed by atoms with van der Waals surface area (Å²) >= 11 is 5.54. The molecule has 1 aromatic heterocycles. The van der Waals surface area contributed by atoms with Gasteiger partial charge in [0, 0.05) is 5.56 Å². The zero-order chi connectivity index (χ0) is 11.7. The highest BCUT2D eigenvalue weighted by atomic mass is 35.5. The Balaban J connectivity index is 2.52. The molecule has 1 nitrogen and oxygen atoms in total. The summed E-state index contributed by atoms with van der Waals surface area (Å²) in [7, 11) is 0. The van der Waals surface area contributed by atoms with Crippen molar-refractivity contribution in [1.82, 2.24) is 4.98 Å². The first kappa shape index (κ1) is 11.0. The van der Waals surface area contributed by atoms with Crippen LogP contribution in [0.4, 0.5) is 13.2 Å². The van der Waals surface area contributed by atoms with Crippen LogP contribution in [0.3, 0.4) is 0 Å². The second kappa shape index (κ2) is 4.14. The molecule has 0 saturated carbocycles. The molecule has 0 aliphatic heterocycles. The van der Waals surface area contributed by atoms with Gasteiger partial charge in [0.25, 0.3) is 0 Å². The summed E-state index contributed by atoms with van der Waals surface area (Å²) in [6, 6.07) is 4.69.